The molecule has 0 N–H and O–H groups in total. The minimum atomic E-state index is -1.01. The van der Waals surface area contributed by atoms with Gasteiger partial charge in [-0.05, 0) is 36.6 Å². The van der Waals surface area contributed by atoms with Gasteiger partial charge >= 0.3 is 6.03 Å². The van der Waals surface area contributed by atoms with Crippen molar-refractivity contribution in [2.24, 2.45) is 5.41 Å². The van der Waals surface area contributed by atoms with E-state index < -0.39 is 40.2 Å². The molecule has 1 aliphatic heterocycles. The van der Waals surface area contributed by atoms with Crippen LogP contribution in [0.1, 0.15) is 45.2 Å². The summed E-state index contributed by atoms with van der Waals surface area (Å²) in [5.74, 6) is 2.87. The van der Waals surface area contributed by atoms with Gasteiger partial charge in [0.1, 0.15) is 5.69 Å². The monoisotopic (exact) mass is 410 g/mol. The van der Waals surface area contributed by atoms with Crippen LogP contribution in [0.15, 0.2) is 42.5 Å². The maximum atomic E-state index is 14.8. The molecule has 2 aromatic carbocycles. The van der Waals surface area contributed by atoms with Gasteiger partial charge in [-0.2, -0.15) is 0 Å². The van der Waals surface area contributed by atoms with Gasteiger partial charge in [0.2, 0.25) is 5.91 Å². The number of hydrogen-bond acceptors (Lipinski definition) is 2. The lowest BCUT2D eigenvalue weighted by atomic mass is 9.70. The second kappa shape index (κ2) is 7.56. The lowest BCUT2D eigenvalue weighted by Crippen LogP contribution is -2.66. The molecule has 0 bridgehead atoms. The lowest BCUT2D eigenvalue weighted by molar-refractivity contribution is -0.124. The van der Waals surface area contributed by atoms with Gasteiger partial charge in [-0.3, -0.25) is 4.79 Å². The molecule has 1 heterocycles. The Kier molecular flexibility index (Phi) is 5.42. The first-order valence-electron chi connectivity index (χ1n) is 9.62. The SMILES string of the molecule is CN1C(=O)N(c2c(F)cc(C#Cc3ccccc3)cc2F)C(=O)C[C@@]1(C)C(C)(C)C. The van der Waals surface area contributed by atoms with Crippen LogP contribution < -0.4 is 4.90 Å². The number of imide groups is 1. The third kappa shape index (κ3) is 3.68. The summed E-state index contributed by atoms with van der Waals surface area (Å²) in [5, 5.41) is 0. The van der Waals surface area contributed by atoms with Crippen molar-refractivity contribution < 1.29 is 18.4 Å². The van der Waals surface area contributed by atoms with Gasteiger partial charge < -0.3 is 4.90 Å². The normalized spacial score (nSPS) is 19.6. The van der Waals surface area contributed by atoms with Gasteiger partial charge in [-0.15, -0.1) is 0 Å². The molecule has 4 nitrogen and oxygen atoms in total. The minimum Gasteiger partial charge on any atom is -0.321 e. The van der Waals surface area contributed by atoms with Crippen LogP contribution in [0.2, 0.25) is 0 Å². The van der Waals surface area contributed by atoms with E-state index in [-0.39, 0.29) is 12.0 Å². The van der Waals surface area contributed by atoms with E-state index in [4.69, 9.17) is 0 Å². The molecule has 0 aliphatic carbocycles. The van der Waals surface area contributed by atoms with Gasteiger partial charge in [0.15, 0.2) is 11.6 Å². The summed E-state index contributed by atoms with van der Waals surface area (Å²) in [7, 11) is 1.54. The Morgan fingerprint density at radius 3 is 2.03 bits per heavy atom. The molecule has 0 radical (unpaired) electrons. The van der Waals surface area contributed by atoms with Crippen molar-refractivity contribution in [3.8, 4) is 11.8 Å². The molecule has 6 heteroatoms. The molecular formula is C24H24F2N2O2. The fraction of sp³-hybridized carbons (Fsp3) is 0.333. The number of amides is 3. The van der Waals surface area contributed by atoms with Crippen LogP contribution in [-0.4, -0.2) is 29.4 Å². The van der Waals surface area contributed by atoms with E-state index in [2.05, 4.69) is 11.8 Å². The Balaban J connectivity index is 1.98. The van der Waals surface area contributed by atoms with E-state index in [1.54, 1.807) is 26.1 Å². The summed E-state index contributed by atoms with van der Waals surface area (Å²) in [6.07, 6.45) is -0.0484. The Labute approximate surface area is 175 Å². The summed E-state index contributed by atoms with van der Waals surface area (Å²) in [6, 6.07) is 10.3. The maximum Gasteiger partial charge on any atom is 0.331 e. The summed E-state index contributed by atoms with van der Waals surface area (Å²) in [4.78, 5) is 27.8. The van der Waals surface area contributed by atoms with Gasteiger partial charge in [-0.25, -0.2) is 18.5 Å². The van der Waals surface area contributed by atoms with Crippen LogP contribution in [0.3, 0.4) is 0 Å². The molecule has 1 saturated heterocycles. The first kappa shape index (κ1) is 21.5. The number of hydrogen-bond donors (Lipinski definition) is 0. The van der Waals surface area contributed by atoms with Crippen LogP contribution in [0.4, 0.5) is 19.3 Å². The highest BCUT2D eigenvalue weighted by Gasteiger charge is 2.52. The molecule has 3 amide bonds. The highest BCUT2D eigenvalue weighted by atomic mass is 19.1. The molecule has 1 fully saturated rings. The van der Waals surface area contributed by atoms with Crippen molar-refractivity contribution in [3.05, 3.63) is 65.2 Å². The van der Waals surface area contributed by atoms with Crippen LogP contribution in [0.5, 0.6) is 0 Å². The number of nitrogens with zero attached hydrogens (tertiary/aromatic N) is 2. The molecule has 3 rings (SSSR count). The zero-order valence-electron chi connectivity index (χ0n) is 17.7. The second-order valence-corrected chi connectivity index (χ2v) is 8.68. The van der Waals surface area contributed by atoms with Crippen molar-refractivity contribution >= 4 is 17.6 Å². The average Bonchev–Trinajstić information content (AvgIpc) is 2.66. The van der Waals surface area contributed by atoms with Crippen molar-refractivity contribution in [1.82, 2.24) is 4.90 Å². The molecule has 0 saturated carbocycles. The van der Waals surface area contributed by atoms with E-state index in [1.807, 2.05) is 39.0 Å². The highest BCUT2D eigenvalue weighted by Crippen LogP contribution is 2.42. The van der Waals surface area contributed by atoms with Crippen molar-refractivity contribution in [3.63, 3.8) is 0 Å². The first-order chi connectivity index (χ1) is 14.0. The molecule has 2 aromatic rings. The Morgan fingerprint density at radius 2 is 1.50 bits per heavy atom. The van der Waals surface area contributed by atoms with Crippen molar-refractivity contribution in [1.29, 1.82) is 0 Å². The highest BCUT2D eigenvalue weighted by molar-refractivity contribution is 6.16. The largest absolute Gasteiger partial charge is 0.331 e. The second-order valence-electron chi connectivity index (χ2n) is 8.68. The molecule has 0 spiro atoms. The predicted octanol–water partition coefficient (Wildman–Crippen LogP) is 4.96. The summed E-state index contributed by atoms with van der Waals surface area (Å²) in [6.45, 7) is 7.55. The van der Waals surface area contributed by atoms with E-state index >= 15 is 0 Å². The molecule has 30 heavy (non-hydrogen) atoms. The van der Waals surface area contributed by atoms with E-state index in [9.17, 15) is 18.4 Å². The van der Waals surface area contributed by atoms with Gasteiger partial charge in [0.05, 0.1) is 12.0 Å². The number of urea groups is 1. The zero-order valence-corrected chi connectivity index (χ0v) is 17.7. The standard InChI is InChI=1S/C24H24F2N2O2/c1-23(2,3)24(4)15-20(29)28(22(30)27(24)5)21-18(25)13-17(14-19(21)26)12-11-16-9-7-6-8-10-16/h6-10,13-14H,15H2,1-5H3/t24-/m0/s1. The Bertz CT molecular complexity index is 1040. The number of carbonyl (C=O) groups excluding carboxylic acids is 2. The van der Waals surface area contributed by atoms with E-state index in [1.165, 1.54) is 4.90 Å². The minimum absolute atomic E-state index is 0.0484. The van der Waals surface area contributed by atoms with Gasteiger partial charge in [0.25, 0.3) is 0 Å². The number of rotatable bonds is 1. The quantitative estimate of drug-likeness (QED) is 0.624. The molecule has 1 atom stereocenters. The zero-order chi connectivity index (χ0) is 22.3. The fourth-order valence-corrected chi connectivity index (χ4v) is 3.47. The number of benzene rings is 2. The Hall–Kier alpha value is -3.20. The summed E-state index contributed by atoms with van der Waals surface area (Å²) in [5.41, 5.74) is -1.05. The van der Waals surface area contributed by atoms with Gasteiger partial charge in [0, 0.05) is 18.2 Å². The van der Waals surface area contributed by atoms with Crippen LogP contribution in [0, 0.1) is 28.9 Å². The maximum absolute atomic E-state index is 14.8. The molecule has 156 valence electrons. The topological polar surface area (TPSA) is 40.6 Å². The van der Waals surface area contributed by atoms with Crippen LogP contribution >= 0.6 is 0 Å². The van der Waals surface area contributed by atoms with Crippen molar-refractivity contribution in [2.45, 2.75) is 39.7 Å². The smallest absolute Gasteiger partial charge is 0.321 e. The lowest BCUT2D eigenvalue weighted by Gasteiger charge is -2.52. The summed E-state index contributed by atoms with van der Waals surface area (Å²) < 4.78 is 29.7. The number of anilines is 1. The predicted molar refractivity (Wildman–Crippen MR) is 112 cm³/mol. The van der Waals surface area contributed by atoms with E-state index in [0.717, 1.165) is 12.1 Å². The molecular weight excluding hydrogens is 386 g/mol. The molecule has 0 unspecified atom stereocenters. The van der Waals surface area contributed by atoms with Crippen LogP contribution in [0.25, 0.3) is 0 Å². The summed E-state index contributed by atoms with van der Waals surface area (Å²) >= 11 is 0. The van der Waals surface area contributed by atoms with E-state index in [0.29, 0.717) is 10.5 Å². The third-order valence-corrected chi connectivity index (χ3v) is 5.94. The first-order valence-corrected chi connectivity index (χ1v) is 9.62. The number of carbonyl (C=O) groups is 2. The van der Waals surface area contributed by atoms with Crippen molar-refractivity contribution in [2.75, 3.05) is 11.9 Å². The molecule has 0 aromatic heterocycles. The van der Waals surface area contributed by atoms with Gasteiger partial charge in [-0.1, -0.05) is 50.8 Å². The number of halogens is 2. The molecule has 1 aliphatic rings. The van der Waals surface area contributed by atoms with Crippen LogP contribution in [-0.2, 0) is 4.79 Å². The fourth-order valence-electron chi connectivity index (χ4n) is 3.47. The third-order valence-electron chi connectivity index (χ3n) is 5.94. The average molecular weight is 410 g/mol. The Morgan fingerprint density at radius 1 is 0.967 bits per heavy atom.